The van der Waals surface area contributed by atoms with Crippen LogP contribution in [-0.4, -0.2) is 12.7 Å². The summed E-state index contributed by atoms with van der Waals surface area (Å²) in [6.45, 7) is 2.60. The number of ether oxygens (including phenoxy) is 1. The summed E-state index contributed by atoms with van der Waals surface area (Å²) >= 11 is 0. The topological polar surface area (TPSA) is 9.23 Å². The Balaban J connectivity index is 2.33. The highest BCUT2D eigenvalue weighted by atomic mass is 16.5. The molecule has 0 bridgehead atoms. The van der Waals surface area contributed by atoms with Crippen molar-refractivity contribution in [1.82, 2.24) is 0 Å². The van der Waals surface area contributed by atoms with E-state index in [4.69, 9.17) is 6.11 Å². The highest BCUT2D eigenvalue weighted by Crippen LogP contribution is 2.10. The minimum absolute atomic E-state index is 0.571. The van der Waals surface area contributed by atoms with Gasteiger partial charge in [-0.1, -0.05) is 0 Å². The molecule has 1 aliphatic heterocycles. The van der Waals surface area contributed by atoms with Gasteiger partial charge in [0.05, 0.1) is 7.45 Å². The Morgan fingerprint density at radius 3 is 2.86 bits per heavy atom. The lowest BCUT2D eigenvalue weighted by Gasteiger charge is -2.17. The van der Waals surface area contributed by atoms with Crippen molar-refractivity contribution in [3.63, 3.8) is 0 Å². The molecule has 7 heavy (non-hydrogen) atoms. The third-order valence-corrected chi connectivity index (χ3v) is 1.27. The second-order valence-electron chi connectivity index (χ2n) is 2.01. The minimum atomic E-state index is -0.571. The van der Waals surface area contributed by atoms with Crippen molar-refractivity contribution in [3.8, 4) is 0 Å². The van der Waals surface area contributed by atoms with Crippen LogP contribution in [0.2, 0.25) is 0 Å². The molecule has 1 fully saturated rings. The normalized spacial score (nSPS) is 45.6. The third kappa shape index (κ3) is 1.48. The van der Waals surface area contributed by atoms with Crippen LogP contribution in [0.4, 0.5) is 0 Å². The molecule has 0 aromatic heterocycles. The zero-order chi connectivity index (χ0) is 6.04. The number of rotatable bonds is 0. The van der Waals surface area contributed by atoms with E-state index in [0.29, 0.717) is 0 Å². The molecule has 1 aliphatic rings. The first-order valence-corrected chi connectivity index (χ1v) is 2.85. The molecule has 0 aromatic carbocycles. The lowest BCUT2D eigenvalue weighted by Crippen LogP contribution is -2.14. The smallest absolute Gasteiger partial charge is 0.0600 e. The van der Waals surface area contributed by atoms with Crippen LogP contribution in [-0.2, 0) is 4.74 Å². The van der Waals surface area contributed by atoms with E-state index in [2.05, 4.69) is 0 Å². The van der Waals surface area contributed by atoms with Crippen LogP contribution >= 0.6 is 0 Å². The van der Waals surface area contributed by atoms with Gasteiger partial charge in [-0.2, -0.15) is 0 Å². The van der Waals surface area contributed by atoms with Crippen molar-refractivity contribution in [2.45, 2.75) is 32.3 Å². The molecule has 0 saturated carbocycles. The summed E-state index contributed by atoms with van der Waals surface area (Å²) in [5, 5.41) is 0. The lowest BCUT2D eigenvalue weighted by molar-refractivity contribution is 0.0285. The van der Waals surface area contributed by atoms with Gasteiger partial charge in [-0.05, 0) is 26.2 Å². The monoisotopic (exact) mass is 101 g/mol. The fraction of sp³-hybridized carbons (Fsp3) is 1.00. The third-order valence-electron chi connectivity index (χ3n) is 1.27. The summed E-state index contributed by atoms with van der Waals surface area (Å²) in [5.41, 5.74) is 0. The van der Waals surface area contributed by atoms with Crippen LogP contribution < -0.4 is 0 Å². The first-order valence-electron chi connectivity index (χ1n) is 3.35. The van der Waals surface area contributed by atoms with Crippen LogP contribution in [0.15, 0.2) is 0 Å². The summed E-state index contributed by atoms with van der Waals surface area (Å²) in [4.78, 5) is 0. The summed E-state index contributed by atoms with van der Waals surface area (Å²) in [7, 11) is 0. The summed E-state index contributed by atoms with van der Waals surface area (Å²) < 4.78 is 12.5. The van der Waals surface area contributed by atoms with E-state index in [1.807, 2.05) is 6.92 Å². The average molecular weight is 101 g/mol. The molecule has 1 rings (SSSR count). The highest BCUT2D eigenvalue weighted by Gasteiger charge is 2.05. The summed E-state index contributed by atoms with van der Waals surface area (Å²) in [6, 6.07) is 0. The second kappa shape index (κ2) is 2.31. The highest BCUT2D eigenvalue weighted by molar-refractivity contribution is 4.55. The van der Waals surface area contributed by atoms with Crippen molar-refractivity contribution in [2.75, 3.05) is 6.61 Å². The molecular weight excluding hydrogens is 88.1 g/mol. The second-order valence-corrected chi connectivity index (χ2v) is 2.01. The lowest BCUT2D eigenvalue weighted by atomic mass is 10.1. The van der Waals surface area contributed by atoms with Crippen LogP contribution in [0.5, 0.6) is 0 Å². The molecule has 42 valence electrons. The van der Waals surface area contributed by atoms with E-state index in [-0.39, 0.29) is 0 Å². The maximum absolute atomic E-state index is 7.40. The van der Waals surface area contributed by atoms with E-state index in [1.54, 1.807) is 0 Å². The molecule has 0 N–H and O–H groups in total. The zero-order valence-electron chi connectivity index (χ0n) is 5.74. The average Bonchev–Trinajstić information content (AvgIpc) is 1.65. The number of hydrogen-bond acceptors (Lipinski definition) is 1. The zero-order valence-corrected chi connectivity index (χ0v) is 4.74. The van der Waals surface area contributed by atoms with Gasteiger partial charge in [-0.15, -0.1) is 0 Å². The van der Waals surface area contributed by atoms with Crippen LogP contribution in [0.1, 0.15) is 27.6 Å². The van der Waals surface area contributed by atoms with E-state index >= 15 is 0 Å². The van der Waals surface area contributed by atoms with Crippen molar-refractivity contribution in [2.24, 2.45) is 0 Å². The Morgan fingerprint density at radius 2 is 2.57 bits per heavy atom. The first-order chi connectivity index (χ1) is 3.71. The maximum atomic E-state index is 7.40. The molecule has 0 spiro atoms. The van der Waals surface area contributed by atoms with E-state index in [1.165, 1.54) is 0 Å². The van der Waals surface area contributed by atoms with Gasteiger partial charge in [-0.25, -0.2) is 0 Å². The summed E-state index contributed by atoms with van der Waals surface area (Å²) in [6.07, 6.45) is 2.61. The minimum Gasteiger partial charge on any atom is -0.379 e. The molecule has 1 atom stereocenters. The van der Waals surface area contributed by atoms with Gasteiger partial charge in [0.1, 0.15) is 0 Å². The molecule has 0 radical (unpaired) electrons. The molecule has 0 amide bonds. The Bertz CT molecular complexity index is 72.6. The van der Waals surface area contributed by atoms with Crippen molar-refractivity contribution in [1.29, 1.82) is 0 Å². The van der Waals surface area contributed by atoms with Crippen LogP contribution in [0.25, 0.3) is 0 Å². The van der Waals surface area contributed by atoms with Crippen LogP contribution in [0, 0.1) is 0 Å². The molecule has 0 unspecified atom stereocenters. The van der Waals surface area contributed by atoms with E-state index < -0.39 is 6.08 Å². The van der Waals surface area contributed by atoms with Gasteiger partial charge < -0.3 is 4.74 Å². The van der Waals surface area contributed by atoms with Gasteiger partial charge in [-0.3, -0.25) is 0 Å². The molecule has 0 aromatic rings. The fourth-order valence-electron chi connectivity index (χ4n) is 0.795. The first kappa shape index (κ1) is 3.90. The summed E-state index contributed by atoms with van der Waals surface area (Å²) in [5.74, 6) is 0. The molecule has 1 heterocycles. The molecule has 1 heteroatoms. The van der Waals surface area contributed by atoms with Crippen molar-refractivity contribution in [3.05, 3.63) is 0 Å². The molecule has 1 nitrogen and oxygen atoms in total. The Hall–Kier alpha value is -0.0400. The van der Waals surface area contributed by atoms with Gasteiger partial charge in [0.15, 0.2) is 0 Å². The van der Waals surface area contributed by atoms with E-state index in [9.17, 15) is 0 Å². The molecular formula is C6H12O. The quantitative estimate of drug-likeness (QED) is 0.450. The maximum Gasteiger partial charge on any atom is 0.0600 e. The predicted octanol–water partition coefficient (Wildman–Crippen LogP) is 1.58. The SMILES string of the molecule is [2H][C@]1(C)CCCCO1. The Morgan fingerprint density at radius 1 is 1.71 bits per heavy atom. The fourth-order valence-corrected chi connectivity index (χ4v) is 0.795. The van der Waals surface area contributed by atoms with E-state index in [0.717, 1.165) is 25.9 Å². The van der Waals surface area contributed by atoms with Gasteiger partial charge >= 0.3 is 0 Å². The molecule has 1 saturated heterocycles. The standard InChI is InChI=1S/C6H12O/c1-6-4-2-3-5-7-6/h6H,2-5H2,1H3/t6-/m0/s1/i6D. The van der Waals surface area contributed by atoms with Crippen LogP contribution in [0.3, 0.4) is 0 Å². The number of hydrogen-bond donors (Lipinski definition) is 0. The van der Waals surface area contributed by atoms with Gasteiger partial charge in [0.2, 0.25) is 0 Å². The van der Waals surface area contributed by atoms with Gasteiger partial charge in [0, 0.05) is 6.61 Å². The predicted molar refractivity (Wildman–Crippen MR) is 29.3 cm³/mol. The largest absolute Gasteiger partial charge is 0.379 e. The molecule has 0 aliphatic carbocycles. The van der Waals surface area contributed by atoms with Crippen molar-refractivity contribution < 1.29 is 6.11 Å². The Labute approximate surface area is 46.1 Å². The Kier molecular flexibility index (Phi) is 1.29. The van der Waals surface area contributed by atoms with Gasteiger partial charge in [0.25, 0.3) is 0 Å². The van der Waals surface area contributed by atoms with Crippen molar-refractivity contribution >= 4 is 0 Å².